The van der Waals surface area contributed by atoms with E-state index in [0.29, 0.717) is 6.04 Å². The summed E-state index contributed by atoms with van der Waals surface area (Å²) >= 11 is 0. The van der Waals surface area contributed by atoms with Crippen molar-refractivity contribution in [2.45, 2.75) is 38.8 Å². The zero-order valence-corrected chi connectivity index (χ0v) is 13.1. The van der Waals surface area contributed by atoms with Gasteiger partial charge in [-0.3, -0.25) is 4.98 Å². The zero-order chi connectivity index (χ0) is 14.7. The van der Waals surface area contributed by atoms with Crippen molar-refractivity contribution in [1.29, 1.82) is 0 Å². The van der Waals surface area contributed by atoms with Gasteiger partial charge >= 0.3 is 0 Å². The quantitative estimate of drug-likeness (QED) is 0.934. The summed E-state index contributed by atoms with van der Waals surface area (Å²) in [7, 11) is 2.22. The minimum absolute atomic E-state index is 0.651. The molecule has 1 aromatic heterocycles. The minimum atomic E-state index is 0.651. The number of benzene rings is 1. The summed E-state index contributed by atoms with van der Waals surface area (Å²) in [5, 5.41) is 4.91. The molecule has 0 radical (unpaired) electrons. The van der Waals surface area contributed by atoms with Gasteiger partial charge < -0.3 is 10.2 Å². The van der Waals surface area contributed by atoms with Gasteiger partial charge in [-0.25, -0.2) is 0 Å². The second-order valence-corrected chi connectivity index (χ2v) is 6.28. The molecular formula is C18H25N3. The van der Waals surface area contributed by atoms with Crippen molar-refractivity contribution in [3.63, 3.8) is 0 Å². The second kappa shape index (κ2) is 6.54. The molecule has 0 bridgehead atoms. The third-order valence-electron chi connectivity index (χ3n) is 4.31. The van der Waals surface area contributed by atoms with Crippen LogP contribution in [0.25, 0.3) is 10.9 Å². The number of para-hydroxylation sites is 1. The number of nitrogens with one attached hydrogen (secondary N) is 1. The van der Waals surface area contributed by atoms with Crippen LogP contribution in [0, 0.1) is 6.92 Å². The second-order valence-electron chi connectivity index (χ2n) is 6.28. The summed E-state index contributed by atoms with van der Waals surface area (Å²) in [6, 6.07) is 11.3. The third kappa shape index (κ3) is 3.60. The van der Waals surface area contributed by atoms with E-state index in [1.807, 2.05) is 0 Å². The van der Waals surface area contributed by atoms with Gasteiger partial charge in [-0.1, -0.05) is 24.6 Å². The Morgan fingerprint density at radius 1 is 1.29 bits per heavy atom. The first kappa shape index (κ1) is 14.5. The van der Waals surface area contributed by atoms with Gasteiger partial charge in [0.15, 0.2) is 0 Å². The van der Waals surface area contributed by atoms with Crippen molar-refractivity contribution < 1.29 is 0 Å². The standard InChI is InChI=1S/C18H25N3/c1-14-11-15(17-8-3-4-9-18(17)20-14)12-21(2)13-16-7-5-6-10-19-16/h3-4,8-9,11,16,19H,5-7,10,12-13H2,1-2H3. The number of nitrogens with zero attached hydrogens (tertiary/aromatic N) is 2. The van der Waals surface area contributed by atoms with E-state index in [0.717, 1.165) is 24.3 Å². The SMILES string of the molecule is Cc1cc(CN(C)CC2CCCCN2)c2ccccc2n1. The minimum Gasteiger partial charge on any atom is -0.313 e. The van der Waals surface area contributed by atoms with E-state index in [1.165, 1.54) is 36.8 Å². The van der Waals surface area contributed by atoms with Crippen molar-refractivity contribution in [2.75, 3.05) is 20.1 Å². The van der Waals surface area contributed by atoms with Gasteiger partial charge in [-0.2, -0.15) is 0 Å². The molecule has 3 rings (SSSR count). The molecule has 1 atom stereocenters. The van der Waals surface area contributed by atoms with E-state index in [4.69, 9.17) is 0 Å². The highest BCUT2D eigenvalue weighted by atomic mass is 15.1. The van der Waals surface area contributed by atoms with Gasteiger partial charge in [0.1, 0.15) is 0 Å². The molecule has 3 heteroatoms. The molecule has 1 fully saturated rings. The zero-order valence-electron chi connectivity index (χ0n) is 13.1. The van der Waals surface area contributed by atoms with Gasteiger partial charge in [0.25, 0.3) is 0 Å². The average molecular weight is 283 g/mol. The summed E-state index contributed by atoms with van der Waals surface area (Å²) in [5.41, 5.74) is 3.60. The molecule has 1 aliphatic rings. The van der Waals surface area contributed by atoms with E-state index >= 15 is 0 Å². The smallest absolute Gasteiger partial charge is 0.0708 e. The maximum Gasteiger partial charge on any atom is 0.0708 e. The number of piperidine rings is 1. The molecule has 0 amide bonds. The molecule has 1 aromatic carbocycles. The summed E-state index contributed by atoms with van der Waals surface area (Å²) in [4.78, 5) is 7.06. The van der Waals surface area contributed by atoms with E-state index in [-0.39, 0.29) is 0 Å². The Labute approximate surface area is 127 Å². The van der Waals surface area contributed by atoms with Crippen LogP contribution < -0.4 is 5.32 Å². The lowest BCUT2D eigenvalue weighted by Gasteiger charge is -2.28. The summed E-state index contributed by atoms with van der Waals surface area (Å²) < 4.78 is 0. The molecule has 3 nitrogen and oxygen atoms in total. The summed E-state index contributed by atoms with van der Waals surface area (Å²) in [6.07, 6.45) is 4.00. The number of pyridine rings is 1. The van der Waals surface area contributed by atoms with Crippen LogP contribution in [0.1, 0.15) is 30.5 Å². The highest BCUT2D eigenvalue weighted by Crippen LogP contribution is 2.20. The van der Waals surface area contributed by atoms with Crippen LogP contribution in [0.4, 0.5) is 0 Å². The summed E-state index contributed by atoms with van der Waals surface area (Å²) in [6.45, 7) is 5.37. The van der Waals surface area contributed by atoms with E-state index in [2.05, 4.69) is 59.5 Å². The van der Waals surface area contributed by atoms with E-state index in [1.54, 1.807) is 0 Å². The molecular weight excluding hydrogens is 258 g/mol. The van der Waals surface area contributed by atoms with Crippen LogP contribution in [-0.4, -0.2) is 36.1 Å². The first-order chi connectivity index (χ1) is 10.2. The molecule has 112 valence electrons. The van der Waals surface area contributed by atoms with Crippen molar-refractivity contribution in [1.82, 2.24) is 15.2 Å². The molecule has 1 aliphatic heterocycles. The number of aromatic nitrogens is 1. The van der Waals surface area contributed by atoms with Crippen LogP contribution in [-0.2, 0) is 6.54 Å². The molecule has 2 heterocycles. The number of hydrogen-bond acceptors (Lipinski definition) is 3. The van der Waals surface area contributed by atoms with E-state index in [9.17, 15) is 0 Å². The van der Waals surface area contributed by atoms with Gasteiger partial charge in [0, 0.05) is 30.2 Å². The first-order valence-corrected chi connectivity index (χ1v) is 7.99. The molecule has 0 aliphatic carbocycles. The van der Waals surface area contributed by atoms with Gasteiger partial charge in [0.05, 0.1) is 5.52 Å². The van der Waals surface area contributed by atoms with Crippen LogP contribution in [0.15, 0.2) is 30.3 Å². The van der Waals surface area contributed by atoms with Gasteiger partial charge in [0.2, 0.25) is 0 Å². The number of hydrogen-bond donors (Lipinski definition) is 1. The molecule has 1 unspecified atom stereocenters. The van der Waals surface area contributed by atoms with Crippen molar-refractivity contribution >= 4 is 10.9 Å². The normalized spacial score (nSPS) is 19.3. The molecule has 21 heavy (non-hydrogen) atoms. The Hall–Kier alpha value is -1.45. The lowest BCUT2D eigenvalue weighted by atomic mass is 10.0. The maximum absolute atomic E-state index is 4.63. The van der Waals surface area contributed by atoms with Crippen LogP contribution in [0.2, 0.25) is 0 Å². The Balaban J connectivity index is 1.74. The Morgan fingerprint density at radius 3 is 2.95 bits per heavy atom. The Bertz CT molecular complexity index is 602. The molecule has 1 N–H and O–H groups in total. The lowest BCUT2D eigenvalue weighted by molar-refractivity contribution is 0.257. The largest absolute Gasteiger partial charge is 0.313 e. The molecule has 0 spiro atoms. The number of rotatable bonds is 4. The van der Waals surface area contributed by atoms with Crippen LogP contribution in [0.5, 0.6) is 0 Å². The monoisotopic (exact) mass is 283 g/mol. The first-order valence-electron chi connectivity index (χ1n) is 7.99. The highest BCUT2D eigenvalue weighted by Gasteiger charge is 2.15. The fraction of sp³-hybridized carbons (Fsp3) is 0.500. The lowest BCUT2D eigenvalue weighted by Crippen LogP contribution is -2.42. The number of fused-ring (bicyclic) bond motifs is 1. The summed E-state index contributed by atoms with van der Waals surface area (Å²) in [5.74, 6) is 0. The third-order valence-corrected chi connectivity index (χ3v) is 4.31. The predicted molar refractivity (Wildman–Crippen MR) is 88.5 cm³/mol. The Morgan fingerprint density at radius 2 is 2.14 bits per heavy atom. The van der Waals surface area contributed by atoms with Gasteiger partial charge in [-0.05, 0) is 51.1 Å². The predicted octanol–water partition coefficient (Wildman–Crippen LogP) is 3.12. The average Bonchev–Trinajstić information content (AvgIpc) is 2.48. The fourth-order valence-corrected chi connectivity index (χ4v) is 3.34. The highest BCUT2D eigenvalue weighted by molar-refractivity contribution is 5.82. The maximum atomic E-state index is 4.63. The van der Waals surface area contributed by atoms with Crippen molar-refractivity contribution in [2.24, 2.45) is 0 Å². The molecule has 0 saturated carbocycles. The van der Waals surface area contributed by atoms with Crippen molar-refractivity contribution in [3.8, 4) is 0 Å². The topological polar surface area (TPSA) is 28.2 Å². The van der Waals surface area contributed by atoms with Crippen LogP contribution >= 0.6 is 0 Å². The molecule has 1 saturated heterocycles. The van der Waals surface area contributed by atoms with Crippen LogP contribution in [0.3, 0.4) is 0 Å². The van der Waals surface area contributed by atoms with Crippen molar-refractivity contribution in [3.05, 3.63) is 41.6 Å². The number of aryl methyl sites for hydroxylation is 1. The number of likely N-dealkylation sites (N-methyl/N-ethyl adjacent to an activating group) is 1. The van der Waals surface area contributed by atoms with E-state index < -0.39 is 0 Å². The Kier molecular flexibility index (Phi) is 4.51. The molecule has 2 aromatic rings. The fourth-order valence-electron chi connectivity index (χ4n) is 3.34. The van der Waals surface area contributed by atoms with Gasteiger partial charge in [-0.15, -0.1) is 0 Å².